The number of hydrogen-bond donors (Lipinski definition) is 0. The Morgan fingerprint density at radius 3 is 1.17 bits per heavy atom. The Bertz CT molecular complexity index is 3330. The maximum Gasteiger partial charge on any atom is 0.0517 e. The second kappa shape index (κ2) is 15.7. The Hall–Kier alpha value is -7.04. The summed E-state index contributed by atoms with van der Waals surface area (Å²) in [6.07, 6.45) is 13.6. The average Bonchev–Trinajstić information content (AvgIpc) is 3.72. The first-order valence-electron chi connectivity index (χ1n) is 25.9. The van der Waals surface area contributed by atoms with Crippen LogP contribution in [0.3, 0.4) is 0 Å². The van der Waals surface area contributed by atoms with Gasteiger partial charge in [-0.05, 0) is 191 Å². The lowest BCUT2D eigenvalue weighted by molar-refractivity contribution is 0.195. The summed E-state index contributed by atoms with van der Waals surface area (Å²) in [5.41, 5.74) is 20.3. The van der Waals surface area contributed by atoms with Gasteiger partial charge in [-0.15, -0.1) is 0 Å². The predicted molar refractivity (Wildman–Crippen MR) is 294 cm³/mol. The van der Waals surface area contributed by atoms with Crippen molar-refractivity contribution in [3.05, 3.63) is 193 Å². The Morgan fingerprint density at radius 1 is 0.371 bits per heavy atom. The normalized spacial score (nSPS) is 23.6. The summed E-state index contributed by atoms with van der Waals surface area (Å²) in [4.78, 5) is 14.5. The number of rotatable bonds is 6. The fraction of sp³-hybridized carbons (Fsp3) is 0.273. The van der Waals surface area contributed by atoms with Crippen molar-refractivity contribution < 1.29 is 0 Å². The number of pyridine rings is 2. The minimum absolute atomic E-state index is 0.0128. The lowest BCUT2D eigenvalue weighted by Crippen LogP contribution is -2.54. The highest BCUT2D eigenvalue weighted by Gasteiger charge is 2.59. The molecule has 2 aliphatic heterocycles. The minimum atomic E-state index is -0.0277. The molecular weight excluding hydrogens is 849 g/mol. The van der Waals surface area contributed by atoms with Gasteiger partial charge in [-0.2, -0.15) is 0 Å². The molecule has 346 valence electrons. The van der Waals surface area contributed by atoms with E-state index in [2.05, 4.69) is 219 Å². The van der Waals surface area contributed by atoms with Crippen molar-refractivity contribution in [2.45, 2.75) is 115 Å². The second-order valence-electron chi connectivity index (χ2n) is 22.1. The number of aryl methyl sites for hydroxylation is 2. The van der Waals surface area contributed by atoms with E-state index in [4.69, 9.17) is 0 Å². The summed E-state index contributed by atoms with van der Waals surface area (Å²) in [5, 5.41) is 5.10. The van der Waals surface area contributed by atoms with Gasteiger partial charge in [0.25, 0.3) is 0 Å². The van der Waals surface area contributed by atoms with Crippen LogP contribution >= 0.6 is 0 Å². The van der Waals surface area contributed by atoms with E-state index >= 15 is 0 Å². The van der Waals surface area contributed by atoms with Gasteiger partial charge in [0.1, 0.15) is 0 Å². The van der Waals surface area contributed by atoms with Crippen LogP contribution in [0, 0.1) is 13.8 Å². The molecule has 4 atom stereocenters. The molecule has 0 bridgehead atoms. The van der Waals surface area contributed by atoms with Crippen molar-refractivity contribution in [1.82, 2.24) is 9.97 Å². The standard InChI is InChI=1S/C66H62N4/c1-43-37-51(29-35-67-43)69-59-27-23-49(41-57(59)63(3)31-13-15-33-65(63,69)5)47-21-25-53-55(39-47)61(45-17-9-7-10-18-45)54-26-22-48(40-56(54)62(53)46-19-11-8-12-20-46)50-24-28-60-58(42-50)64(4)32-14-16-34-66(64,6)70(60)52-30-36-68-44(2)38-52/h7-12,17-30,35-42H,13-16,31-34H2,1-6H3. The Labute approximate surface area is 414 Å². The first-order chi connectivity index (χ1) is 34.0. The molecular formula is C66H62N4. The quantitative estimate of drug-likeness (QED) is 0.156. The zero-order chi connectivity index (χ0) is 47.6. The third-order valence-corrected chi connectivity index (χ3v) is 18.4. The molecule has 2 aromatic heterocycles. The summed E-state index contributed by atoms with van der Waals surface area (Å²) in [6.45, 7) is 14.3. The van der Waals surface area contributed by atoms with Gasteiger partial charge in [0, 0.05) is 57.4 Å². The van der Waals surface area contributed by atoms with Gasteiger partial charge in [0.05, 0.1) is 11.1 Å². The van der Waals surface area contributed by atoms with Gasteiger partial charge in [0.2, 0.25) is 0 Å². The van der Waals surface area contributed by atoms with E-state index in [1.54, 1.807) is 0 Å². The van der Waals surface area contributed by atoms with Crippen LogP contribution in [0.2, 0.25) is 0 Å². The third kappa shape index (κ3) is 6.14. The predicted octanol–water partition coefficient (Wildman–Crippen LogP) is 17.6. The van der Waals surface area contributed by atoms with Gasteiger partial charge < -0.3 is 9.80 Å². The maximum absolute atomic E-state index is 4.59. The van der Waals surface area contributed by atoms with Crippen LogP contribution in [0.5, 0.6) is 0 Å². The highest BCUT2D eigenvalue weighted by Crippen LogP contribution is 2.63. The van der Waals surface area contributed by atoms with E-state index in [0.717, 1.165) is 11.4 Å². The highest BCUT2D eigenvalue weighted by atomic mass is 15.3. The van der Waals surface area contributed by atoms with Gasteiger partial charge in [-0.1, -0.05) is 137 Å². The number of aromatic nitrogens is 2. The minimum Gasteiger partial charge on any atom is -0.334 e. The number of benzene rings is 7. The molecule has 2 aliphatic carbocycles. The molecule has 2 saturated carbocycles. The zero-order valence-corrected chi connectivity index (χ0v) is 41.6. The summed E-state index contributed by atoms with van der Waals surface area (Å²) in [7, 11) is 0. The molecule has 0 spiro atoms. The van der Waals surface area contributed by atoms with E-state index in [1.807, 2.05) is 12.4 Å². The first-order valence-corrected chi connectivity index (χ1v) is 25.9. The summed E-state index contributed by atoms with van der Waals surface area (Å²) >= 11 is 0. The van der Waals surface area contributed by atoms with Crippen molar-refractivity contribution in [2.24, 2.45) is 0 Å². The van der Waals surface area contributed by atoms with Crippen LogP contribution in [0.15, 0.2) is 170 Å². The summed E-state index contributed by atoms with van der Waals surface area (Å²) in [5.74, 6) is 0. The van der Waals surface area contributed by atoms with Crippen LogP contribution in [0.25, 0.3) is 66.1 Å². The summed E-state index contributed by atoms with van der Waals surface area (Å²) < 4.78 is 0. The molecule has 0 radical (unpaired) electrons. The molecule has 4 heterocycles. The SMILES string of the molecule is Cc1cc(N2c3ccc(-c4ccc5c(-c6ccccc6)c6cc(-c7ccc8c(c7)C7(C)CCCCC7(C)N8c7ccnc(C)c7)ccc6c(-c6ccccc6)c5c4)cc3C3(C)CCCCC23C)ccn1. The van der Waals surface area contributed by atoms with Crippen LogP contribution in [-0.4, -0.2) is 21.0 Å². The van der Waals surface area contributed by atoms with E-state index < -0.39 is 0 Å². The van der Waals surface area contributed by atoms with Gasteiger partial charge in [0.15, 0.2) is 0 Å². The van der Waals surface area contributed by atoms with Crippen LogP contribution < -0.4 is 9.80 Å². The van der Waals surface area contributed by atoms with Crippen LogP contribution in [0.4, 0.5) is 22.7 Å². The summed E-state index contributed by atoms with van der Waals surface area (Å²) in [6, 6.07) is 60.5. The Kier molecular flexibility index (Phi) is 9.67. The van der Waals surface area contributed by atoms with E-state index in [-0.39, 0.29) is 21.9 Å². The van der Waals surface area contributed by atoms with Gasteiger partial charge in [-0.25, -0.2) is 0 Å². The third-order valence-electron chi connectivity index (χ3n) is 18.4. The zero-order valence-electron chi connectivity index (χ0n) is 41.6. The lowest BCUT2D eigenvalue weighted by Gasteiger charge is -2.50. The Morgan fingerprint density at radius 2 is 0.757 bits per heavy atom. The molecule has 4 aliphatic rings. The molecule has 9 aromatic rings. The van der Waals surface area contributed by atoms with E-state index in [9.17, 15) is 0 Å². The van der Waals surface area contributed by atoms with Crippen molar-refractivity contribution in [1.29, 1.82) is 0 Å². The molecule has 13 rings (SSSR count). The van der Waals surface area contributed by atoms with E-state index in [1.165, 1.54) is 151 Å². The smallest absolute Gasteiger partial charge is 0.0517 e. The van der Waals surface area contributed by atoms with E-state index in [0.29, 0.717) is 0 Å². The first kappa shape index (κ1) is 43.0. The number of anilines is 4. The number of fused-ring (bicyclic) bond motifs is 8. The fourth-order valence-electron chi connectivity index (χ4n) is 14.4. The molecule has 0 amide bonds. The highest BCUT2D eigenvalue weighted by molar-refractivity contribution is 6.22. The fourth-order valence-corrected chi connectivity index (χ4v) is 14.4. The van der Waals surface area contributed by atoms with Crippen molar-refractivity contribution in [2.75, 3.05) is 9.80 Å². The Balaban J connectivity index is 1.00. The monoisotopic (exact) mass is 910 g/mol. The molecule has 7 aromatic carbocycles. The topological polar surface area (TPSA) is 32.3 Å². The molecule has 0 saturated heterocycles. The largest absolute Gasteiger partial charge is 0.334 e. The molecule has 0 N–H and O–H groups in total. The molecule has 4 heteroatoms. The van der Waals surface area contributed by atoms with Crippen LogP contribution in [0.1, 0.15) is 102 Å². The molecule has 70 heavy (non-hydrogen) atoms. The maximum atomic E-state index is 4.59. The van der Waals surface area contributed by atoms with Crippen molar-refractivity contribution in [3.8, 4) is 44.5 Å². The molecule has 4 unspecified atom stereocenters. The number of hydrogen-bond acceptors (Lipinski definition) is 4. The second-order valence-corrected chi connectivity index (χ2v) is 22.1. The van der Waals surface area contributed by atoms with Crippen molar-refractivity contribution in [3.63, 3.8) is 0 Å². The van der Waals surface area contributed by atoms with Gasteiger partial charge in [-0.3, -0.25) is 9.97 Å². The molecule has 4 nitrogen and oxygen atoms in total. The van der Waals surface area contributed by atoms with Gasteiger partial charge >= 0.3 is 0 Å². The van der Waals surface area contributed by atoms with Crippen molar-refractivity contribution >= 4 is 44.3 Å². The average molecular weight is 911 g/mol. The van der Waals surface area contributed by atoms with Crippen LogP contribution in [-0.2, 0) is 10.8 Å². The molecule has 2 fully saturated rings. The number of nitrogens with zero attached hydrogens (tertiary/aromatic N) is 4. The lowest BCUT2D eigenvalue weighted by atomic mass is 9.61.